The second-order valence-electron chi connectivity index (χ2n) is 8.57. The van der Waals surface area contributed by atoms with Crippen LogP contribution in [-0.2, 0) is 11.3 Å². The molecule has 1 heterocycles. The van der Waals surface area contributed by atoms with Gasteiger partial charge in [-0.1, -0.05) is 37.3 Å². The number of hydrogen-bond donors (Lipinski definition) is 3. The lowest BCUT2D eigenvalue weighted by atomic mass is 10.0. The highest BCUT2D eigenvalue weighted by Gasteiger charge is 2.15. The molecule has 2 unspecified atom stereocenters. The molecule has 0 aliphatic heterocycles. The summed E-state index contributed by atoms with van der Waals surface area (Å²) in [5, 5.41) is 14.4. The van der Waals surface area contributed by atoms with Crippen LogP contribution in [0.25, 0.3) is 11.1 Å². The van der Waals surface area contributed by atoms with E-state index >= 15 is 0 Å². The zero-order valence-electron chi connectivity index (χ0n) is 20.3. The van der Waals surface area contributed by atoms with Gasteiger partial charge < -0.3 is 30.2 Å². The molecule has 3 aromatic rings. The molecule has 0 spiro atoms. The number of nitrogens with one attached hydrogen (secondary N) is 2. The van der Waals surface area contributed by atoms with Crippen LogP contribution in [-0.4, -0.2) is 49.2 Å². The SMILES string of the molecule is COc1cc(NCC(C)CC(C=O)NC(=O)O)ccc1-c1ccnc(N(C)Cc2ccccc2)c1. The van der Waals surface area contributed by atoms with Gasteiger partial charge in [-0.15, -0.1) is 0 Å². The van der Waals surface area contributed by atoms with Gasteiger partial charge in [0.05, 0.1) is 13.2 Å². The Morgan fingerprint density at radius 3 is 2.63 bits per heavy atom. The molecule has 0 radical (unpaired) electrons. The molecule has 2 atom stereocenters. The minimum atomic E-state index is -1.20. The predicted molar refractivity (Wildman–Crippen MR) is 138 cm³/mol. The molecule has 184 valence electrons. The van der Waals surface area contributed by atoms with E-state index in [9.17, 15) is 9.59 Å². The number of rotatable bonds is 12. The van der Waals surface area contributed by atoms with E-state index in [0.717, 1.165) is 34.9 Å². The molecule has 8 nitrogen and oxygen atoms in total. The molecule has 0 saturated carbocycles. The molecule has 8 heteroatoms. The Hall–Kier alpha value is -4.07. The second-order valence-corrected chi connectivity index (χ2v) is 8.57. The highest BCUT2D eigenvalue weighted by atomic mass is 16.5. The third-order valence-electron chi connectivity index (χ3n) is 5.70. The molecule has 0 aliphatic carbocycles. The predicted octanol–water partition coefficient (Wildman–Crippen LogP) is 4.67. The van der Waals surface area contributed by atoms with Crippen LogP contribution in [0.3, 0.4) is 0 Å². The van der Waals surface area contributed by atoms with Crippen molar-refractivity contribution < 1.29 is 19.4 Å². The summed E-state index contributed by atoms with van der Waals surface area (Å²) in [6.45, 7) is 3.29. The van der Waals surface area contributed by atoms with E-state index in [2.05, 4.69) is 32.7 Å². The van der Waals surface area contributed by atoms with Crippen LogP contribution >= 0.6 is 0 Å². The quantitative estimate of drug-likeness (QED) is 0.327. The Balaban J connectivity index is 1.68. The topological polar surface area (TPSA) is 104 Å². The van der Waals surface area contributed by atoms with E-state index in [4.69, 9.17) is 9.84 Å². The normalized spacial score (nSPS) is 12.3. The molecular weight excluding hydrogens is 444 g/mol. The summed E-state index contributed by atoms with van der Waals surface area (Å²) in [6, 6.07) is 19.5. The molecule has 2 aromatic carbocycles. The Labute approximate surface area is 206 Å². The van der Waals surface area contributed by atoms with Gasteiger partial charge >= 0.3 is 6.09 Å². The van der Waals surface area contributed by atoms with Gasteiger partial charge in [-0.05, 0) is 47.7 Å². The maximum Gasteiger partial charge on any atom is 0.405 e. The third kappa shape index (κ3) is 7.46. The summed E-state index contributed by atoms with van der Waals surface area (Å²) in [5.74, 6) is 1.67. The van der Waals surface area contributed by atoms with Gasteiger partial charge in [-0.3, -0.25) is 0 Å². The number of carboxylic acid groups (broad SMARTS) is 1. The van der Waals surface area contributed by atoms with Crippen molar-refractivity contribution in [2.75, 3.05) is 30.9 Å². The molecule has 0 saturated heterocycles. The average molecular weight is 477 g/mol. The molecule has 1 amide bonds. The summed E-state index contributed by atoms with van der Waals surface area (Å²) in [6.07, 6.45) is 1.64. The molecule has 0 bridgehead atoms. The van der Waals surface area contributed by atoms with Crippen LogP contribution < -0.4 is 20.3 Å². The van der Waals surface area contributed by atoms with Crippen molar-refractivity contribution in [2.24, 2.45) is 5.92 Å². The van der Waals surface area contributed by atoms with E-state index < -0.39 is 12.1 Å². The lowest BCUT2D eigenvalue weighted by molar-refractivity contribution is -0.109. The first-order chi connectivity index (χ1) is 16.9. The summed E-state index contributed by atoms with van der Waals surface area (Å²) in [5.41, 5.74) is 4.04. The monoisotopic (exact) mass is 476 g/mol. The first-order valence-corrected chi connectivity index (χ1v) is 11.5. The number of pyridine rings is 1. The highest BCUT2D eigenvalue weighted by Crippen LogP contribution is 2.34. The largest absolute Gasteiger partial charge is 0.496 e. The molecular formula is C27H32N4O4. The number of ether oxygens (including phenoxy) is 1. The Morgan fingerprint density at radius 1 is 1.17 bits per heavy atom. The van der Waals surface area contributed by atoms with Crippen LogP contribution in [0.4, 0.5) is 16.3 Å². The summed E-state index contributed by atoms with van der Waals surface area (Å²) in [7, 11) is 3.66. The zero-order chi connectivity index (χ0) is 25.2. The van der Waals surface area contributed by atoms with E-state index in [1.54, 1.807) is 13.3 Å². The minimum absolute atomic E-state index is 0.0747. The van der Waals surface area contributed by atoms with Crippen molar-refractivity contribution >= 4 is 23.9 Å². The molecule has 3 rings (SSSR count). The van der Waals surface area contributed by atoms with Gasteiger partial charge in [0, 0.05) is 43.7 Å². The van der Waals surface area contributed by atoms with Gasteiger partial charge in [-0.25, -0.2) is 9.78 Å². The minimum Gasteiger partial charge on any atom is -0.496 e. The number of hydrogen-bond acceptors (Lipinski definition) is 6. The fourth-order valence-electron chi connectivity index (χ4n) is 3.89. The first kappa shape index (κ1) is 25.6. The van der Waals surface area contributed by atoms with Crippen molar-refractivity contribution in [1.82, 2.24) is 10.3 Å². The molecule has 35 heavy (non-hydrogen) atoms. The highest BCUT2D eigenvalue weighted by molar-refractivity contribution is 5.75. The summed E-state index contributed by atoms with van der Waals surface area (Å²) in [4.78, 5) is 28.5. The lowest BCUT2D eigenvalue weighted by Crippen LogP contribution is -2.36. The Bertz CT molecular complexity index is 1120. The number of anilines is 2. The van der Waals surface area contributed by atoms with Gasteiger partial charge in [0.25, 0.3) is 0 Å². The maximum atomic E-state index is 11.1. The fraction of sp³-hybridized carbons (Fsp3) is 0.296. The van der Waals surface area contributed by atoms with Crippen molar-refractivity contribution in [3.8, 4) is 16.9 Å². The van der Waals surface area contributed by atoms with Crippen LogP contribution in [0.5, 0.6) is 5.75 Å². The van der Waals surface area contributed by atoms with Crippen LogP contribution in [0.2, 0.25) is 0 Å². The number of carbonyl (C=O) groups excluding carboxylic acids is 1. The van der Waals surface area contributed by atoms with Gasteiger partial charge in [0.15, 0.2) is 0 Å². The fourth-order valence-corrected chi connectivity index (χ4v) is 3.89. The molecule has 0 fully saturated rings. The number of nitrogens with zero attached hydrogens (tertiary/aromatic N) is 2. The Morgan fingerprint density at radius 2 is 1.94 bits per heavy atom. The molecule has 1 aromatic heterocycles. The van der Waals surface area contributed by atoms with E-state index in [-0.39, 0.29) is 5.92 Å². The number of amides is 1. The number of methoxy groups -OCH3 is 1. The van der Waals surface area contributed by atoms with E-state index in [1.165, 1.54) is 5.56 Å². The standard InChI is InChI=1S/C27H32N4O4/c1-19(13-23(18-32)30-27(33)34)16-29-22-9-10-24(25(15-22)35-3)21-11-12-28-26(14-21)31(2)17-20-7-5-4-6-8-20/h4-12,14-15,18-19,23,29-30H,13,16-17H2,1-3H3,(H,33,34). The van der Waals surface area contributed by atoms with Crippen molar-refractivity contribution in [2.45, 2.75) is 25.9 Å². The van der Waals surface area contributed by atoms with Crippen LogP contribution in [0, 0.1) is 5.92 Å². The number of carbonyl (C=O) groups is 2. The van der Waals surface area contributed by atoms with Gasteiger partial charge in [0.1, 0.15) is 17.9 Å². The smallest absolute Gasteiger partial charge is 0.405 e. The van der Waals surface area contributed by atoms with Gasteiger partial charge in [-0.2, -0.15) is 0 Å². The van der Waals surface area contributed by atoms with Crippen molar-refractivity contribution in [1.29, 1.82) is 0 Å². The van der Waals surface area contributed by atoms with Gasteiger partial charge in [0.2, 0.25) is 0 Å². The van der Waals surface area contributed by atoms with Crippen LogP contribution in [0.1, 0.15) is 18.9 Å². The maximum absolute atomic E-state index is 11.1. The number of aromatic nitrogens is 1. The third-order valence-corrected chi connectivity index (χ3v) is 5.70. The van der Waals surface area contributed by atoms with E-state index in [1.807, 2.05) is 62.5 Å². The zero-order valence-corrected chi connectivity index (χ0v) is 20.3. The molecule has 0 aliphatic rings. The Kier molecular flexibility index (Phi) is 9.06. The lowest BCUT2D eigenvalue weighted by Gasteiger charge is -2.20. The van der Waals surface area contributed by atoms with Crippen molar-refractivity contribution in [3.63, 3.8) is 0 Å². The number of benzene rings is 2. The summed E-state index contributed by atoms with van der Waals surface area (Å²) < 4.78 is 5.67. The summed E-state index contributed by atoms with van der Waals surface area (Å²) >= 11 is 0. The van der Waals surface area contributed by atoms with Crippen LogP contribution in [0.15, 0.2) is 66.9 Å². The average Bonchev–Trinajstić information content (AvgIpc) is 2.87. The van der Waals surface area contributed by atoms with Crippen molar-refractivity contribution in [3.05, 3.63) is 72.4 Å². The second kappa shape index (κ2) is 12.4. The first-order valence-electron chi connectivity index (χ1n) is 11.5. The van der Waals surface area contributed by atoms with E-state index in [0.29, 0.717) is 19.3 Å². The molecule has 3 N–H and O–H groups in total. The number of aldehydes is 1.